The van der Waals surface area contributed by atoms with Crippen LogP contribution in [0.1, 0.15) is 0 Å². The van der Waals surface area contributed by atoms with E-state index >= 15 is 0 Å². The third-order valence-electron chi connectivity index (χ3n) is 0.343. The van der Waals surface area contributed by atoms with Crippen LogP contribution in [0.2, 0.25) is 0 Å². The number of nitrogens with zero attached hydrogens (tertiary/aromatic N) is 4. The molecule has 1 heterocycles. The second-order valence-corrected chi connectivity index (χ2v) is 0.708. The Kier molecular flexibility index (Phi) is 0.731. The Hall–Kier alpha value is -1.06. The largest absolute Gasteiger partial charge is 0.211 e. The average Bonchev–Trinajstić information content (AvgIpc) is 1.72. The molecule has 0 aliphatic carbocycles. The molecule has 0 aromatic heterocycles. The zero-order valence-electron chi connectivity index (χ0n) is 2.94. The van der Waals surface area contributed by atoms with Crippen molar-refractivity contribution in [3.8, 4) is 0 Å². The molecule has 0 atom stereocenters. The summed E-state index contributed by atoms with van der Waals surface area (Å²) >= 11 is 0. The fraction of sp³-hybridized carbons (Fsp3) is 0. The van der Waals surface area contributed by atoms with Gasteiger partial charge >= 0.3 is 0 Å². The lowest BCUT2D eigenvalue weighted by Gasteiger charge is -1.58. The van der Waals surface area contributed by atoms with E-state index in [0.29, 0.717) is 0 Å². The van der Waals surface area contributed by atoms with Crippen molar-refractivity contribution < 1.29 is 0 Å². The average molecular weight is 82.1 g/mol. The maximum Gasteiger partial charge on any atom is 0.211 e. The molecule has 0 aromatic carbocycles. The third kappa shape index (κ3) is 0.453. The van der Waals surface area contributed by atoms with Crippen LogP contribution in [0, 0.1) is 0 Å². The minimum atomic E-state index is 1.47. The molecule has 1 aliphatic rings. The normalized spacial score (nSPS) is 16.0. The predicted molar refractivity (Wildman–Crippen MR) is 21.5 cm³/mol. The molecular formula is C2H2N4+. The molecule has 4 heteroatoms. The van der Waals surface area contributed by atoms with Crippen LogP contribution in [0.15, 0.2) is 15.5 Å². The molecule has 0 bridgehead atoms. The first-order valence-electron chi connectivity index (χ1n) is 1.45. The molecule has 1 radical (unpaired) electrons. The van der Waals surface area contributed by atoms with E-state index in [0.717, 1.165) is 0 Å². The molecule has 1 aliphatic heterocycles. The Morgan fingerprint density at radius 1 is 1.50 bits per heavy atom. The van der Waals surface area contributed by atoms with E-state index in [4.69, 9.17) is 0 Å². The van der Waals surface area contributed by atoms with Gasteiger partial charge in [-0.3, -0.25) is 0 Å². The van der Waals surface area contributed by atoms with Crippen molar-refractivity contribution in [3.05, 3.63) is 0 Å². The van der Waals surface area contributed by atoms with Gasteiger partial charge in [-0.05, 0) is 5.10 Å². The van der Waals surface area contributed by atoms with Crippen LogP contribution in [-0.4, -0.2) is 12.4 Å². The van der Waals surface area contributed by atoms with Crippen LogP contribution >= 0.6 is 0 Å². The Labute approximate surface area is 34.3 Å². The lowest BCUT2D eigenvalue weighted by atomic mass is 10.8. The summed E-state index contributed by atoms with van der Waals surface area (Å²) in [6.07, 6.45) is 2.93. The zero-order chi connectivity index (χ0) is 4.24. The van der Waals surface area contributed by atoms with Crippen LogP contribution in [0.4, 0.5) is 0 Å². The maximum absolute atomic E-state index is 3.36. The van der Waals surface area contributed by atoms with Crippen molar-refractivity contribution >= 4 is 12.4 Å². The van der Waals surface area contributed by atoms with Gasteiger partial charge in [-0.25, -0.2) is 0 Å². The maximum atomic E-state index is 3.36. The van der Waals surface area contributed by atoms with Gasteiger partial charge in [-0.2, -0.15) is 0 Å². The highest BCUT2D eigenvalue weighted by molar-refractivity contribution is 6.15. The number of hydrogen-bond acceptors (Lipinski definition) is 4. The zero-order valence-corrected chi connectivity index (χ0v) is 2.94. The SMILES string of the molecule is C1=NN=N[N+]=C1. The minimum absolute atomic E-state index is 1.47. The highest BCUT2D eigenvalue weighted by atomic mass is 15.5. The van der Waals surface area contributed by atoms with Gasteiger partial charge < -0.3 is 0 Å². The summed E-state index contributed by atoms with van der Waals surface area (Å²) in [7, 11) is 0. The van der Waals surface area contributed by atoms with Gasteiger partial charge in [-0.1, -0.05) is 0 Å². The van der Waals surface area contributed by atoms with Gasteiger partial charge in [0, 0.05) is 0 Å². The quantitative estimate of drug-likeness (QED) is 0.387. The topological polar surface area (TPSA) is 51.2 Å². The summed E-state index contributed by atoms with van der Waals surface area (Å²) in [5.74, 6) is 0. The number of hydrogen-bond donors (Lipinski definition) is 0. The molecule has 0 fully saturated rings. The van der Waals surface area contributed by atoms with E-state index in [9.17, 15) is 0 Å². The molecular weight excluding hydrogens is 80.0 g/mol. The van der Waals surface area contributed by atoms with Crippen molar-refractivity contribution in [1.82, 2.24) is 5.10 Å². The van der Waals surface area contributed by atoms with E-state index in [-0.39, 0.29) is 0 Å². The molecule has 29 valence electrons. The molecule has 0 saturated heterocycles. The fourth-order valence-corrected chi connectivity index (χ4v) is 0.165. The molecule has 0 N–H and O–H groups in total. The molecule has 1 rings (SSSR count). The monoisotopic (exact) mass is 82.0 g/mol. The Morgan fingerprint density at radius 3 is 2.67 bits per heavy atom. The molecule has 0 spiro atoms. The summed E-state index contributed by atoms with van der Waals surface area (Å²) in [4.78, 5) is 0. The number of rotatable bonds is 0. The van der Waals surface area contributed by atoms with Crippen molar-refractivity contribution in [3.63, 3.8) is 0 Å². The standard InChI is InChI=1S/C2H2N4/c1-2-4-6-5-3-1/h1-2H/q+1. The second-order valence-electron chi connectivity index (χ2n) is 0.708. The van der Waals surface area contributed by atoms with E-state index in [1.165, 1.54) is 12.4 Å². The van der Waals surface area contributed by atoms with Crippen molar-refractivity contribution in [2.45, 2.75) is 0 Å². The van der Waals surface area contributed by atoms with Crippen LogP contribution < -0.4 is 5.10 Å². The van der Waals surface area contributed by atoms with Crippen LogP contribution in [0.5, 0.6) is 0 Å². The van der Waals surface area contributed by atoms with Crippen molar-refractivity contribution in [1.29, 1.82) is 0 Å². The molecule has 6 heavy (non-hydrogen) atoms. The summed E-state index contributed by atoms with van der Waals surface area (Å²) < 4.78 is 0. The smallest absolute Gasteiger partial charge is 0.0154 e. The van der Waals surface area contributed by atoms with Gasteiger partial charge in [-0.15, -0.1) is 0 Å². The summed E-state index contributed by atoms with van der Waals surface area (Å²) in [5.41, 5.74) is 0. The summed E-state index contributed by atoms with van der Waals surface area (Å²) in [6.45, 7) is 0. The summed E-state index contributed by atoms with van der Waals surface area (Å²) in [6, 6.07) is 0. The first-order valence-corrected chi connectivity index (χ1v) is 1.45. The van der Waals surface area contributed by atoms with Crippen molar-refractivity contribution in [2.75, 3.05) is 0 Å². The van der Waals surface area contributed by atoms with E-state index < -0.39 is 0 Å². The minimum Gasteiger partial charge on any atom is -0.0154 e. The Balaban J connectivity index is 2.77. The van der Waals surface area contributed by atoms with Crippen LogP contribution in [0.3, 0.4) is 0 Å². The van der Waals surface area contributed by atoms with Gasteiger partial charge in [0.25, 0.3) is 0 Å². The highest BCUT2D eigenvalue weighted by Crippen LogP contribution is 1.70. The Morgan fingerprint density at radius 2 is 2.50 bits per heavy atom. The van der Waals surface area contributed by atoms with E-state index in [2.05, 4.69) is 20.6 Å². The van der Waals surface area contributed by atoms with Crippen LogP contribution in [0.25, 0.3) is 0 Å². The van der Waals surface area contributed by atoms with Gasteiger partial charge in [0.15, 0.2) is 6.21 Å². The lowest BCUT2D eigenvalue weighted by molar-refractivity contribution is 0.891. The van der Waals surface area contributed by atoms with Crippen LogP contribution in [-0.2, 0) is 0 Å². The summed E-state index contributed by atoms with van der Waals surface area (Å²) in [5, 5.41) is 13.1. The second kappa shape index (κ2) is 1.40. The molecule has 0 aromatic rings. The van der Waals surface area contributed by atoms with E-state index in [1.807, 2.05) is 0 Å². The fourth-order valence-electron chi connectivity index (χ4n) is 0.165. The molecule has 4 nitrogen and oxygen atoms in total. The Bertz CT molecular complexity index is 74.9. The van der Waals surface area contributed by atoms with Gasteiger partial charge in [0.2, 0.25) is 10.4 Å². The highest BCUT2D eigenvalue weighted by Gasteiger charge is 1.84. The first-order chi connectivity index (χ1) is 3.00. The van der Waals surface area contributed by atoms with Gasteiger partial charge in [0.05, 0.1) is 5.10 Å². The third-order valence-corrected chi connectivity index (χ3v) is 0.343. The first kappa shape index (κ1) is 3.14. The van der Waals surface area contributed by atoms with Gasteiger partial charge in [0.1, 0.15) is 6.21 Å². The van der Waals surface area contributed by atoms with Crippen molar-refractivity contribution in [2.24, 2.45) is 15.5 Å². The molecule has 0 saturated carbocycles. The predicted octanol–water partition coefficient (Wildman–Crippen LogP) is -0.240. The van der Waals surface area contributed by atoms with E-state index in [1.54, 1.807) is 0 Å². The lowest BCUT2D eigenvalue weighted by Crippen LogP contribution is -1.86. The molecule has 0 unspecified atom stereocenters. The molecule has 0 amide bonds.